The molecule has 0 unspecified atom stereocenters. The number of rotatable bonds is 2. The number of hydrazone groups is 1. The van der Waals surface area contributed by atoms with Gasteiger partial charge in [-0.25, -0.2) is 4.68 Å². The van der Waals surface area contributed by atoms with Crippen molar-refractivity contribution in [2.24, 2.45) is 0 Å². The third kappa shape index (κ3) is 4.07. The molecule has 5 heteroatoms. The summed E-state index contributed by atoms with van der Waals surface area (Å²) in [7, 11) is 0. The maximum atomic E-state index is 11.5. The molecule has 3 aromatic rings. The lowest BCUT2D eigenvalue weighted by atomic mass is 10.3. The van der Waals surface area contributed by atoms with E-state index in [4.69, 9.17) is 0 Å². The van der Waals surface area contributed by atoms with E-state index >= 15 is 0 Å². The first-order valence-corrected chi connectivity index (χ1v) is 8.35. The SMILES string of the molecule is CC1=[N+]([O-])N(c2ccccc2)CC1.Cc1ccn(-c2ccccc2)n1. The fourth-order valence-electron chi connectivity index (χ4n) is 2.63. The average Bonchev–Trinajstić information content (AvgIpc) is 3.23. The van der Waals surface area contributed by atoms with E-state index in [9.17, 15) is 5.21 Å². The Labute approximate surface area is 148 Å². The number of aryl methyl sites for hydroxylation is 1. The van der Waals surface area contributed by atoms with Crippen molar-refractivity contribution in [2.45, 2.75) is 20.3 Å². The summed E-state index contributed by atoms with van der Waals surface area (Å²) in [5.41, 5.74) is 3.99. The standard InChI is InChI=1S/C10H12N2O.C10H10N2/c1-9-7-8-11(12(9)13)10-5-3-2-4-6-10;1-9-7-8-12(11-9)10-5-3-2-4-6-10/h2-6H,7-8H2,1H3;2-8H,1H3. The summed E-state index contributed by atoms with van der Waals surface area (Å²) >= 11 is 0. The topological polar surface area (TPSA) is 47.1 Å². The van der Waals surface area contributed by atoms with E-state index in [2.05, 4.69) is 5.10 Å². The highest BCUT2D eigenvalue weighted by Crippen LogP contribution is 2.17. The van der Waals surface area contributed by atoms with Gasteiger partial charge in [-0.2, -0.15) is 5.10 Å². The Bertz CT molecular complexity index is 840. The van der Waals surface area contributed by atoms with Crippen molar-refractivity contribution in [3.63, 3.8) is 0 Å². The Hall–Kier alpha value is -3.08. The van der Waals surface area contributed by atoms with Crippen molar-refractivity contribution in [3.8, 4) is 5.69 Å². The van der Waals surface area contributed by atoms with E-state index in [0.29, 0.717) is 0 Å². The maximum absolute atomic E-state index is 11.5. The van der Waals surface area contributed by atoms with Crippen LogP contribution in [0.4, 0.5) is 5.69 Å². The summed E-state index contributed by atoms with van der Waals surface area (Å²) < 4.78 is 1.87. The molecule has 0 aliphatic carbocycles. The first-order valence-electron chi connectivity index (χ1n) is 8.35. The fourth-order valence-corrected chi connectivity index (χ4v) is 2.63. The highest BCUT2D eigenvalue weighted by molar-refractivity contribution is 5.79. The smallest absolute Gasteiger partial charge is 0.195 e. The molecule has 2 aromatic carbocycles. The van der Waals surface area contributed by atoms with Crippen LogP contribution in [0.2, 0.25) is 0 Å². The summed E-state index contributed by atoms with van der Waals surface area (Å²) in [6.07, 6.45) is 2.82. The number of aromatic nitrogens is 2. The number of hydrazine groups is 1. The number of nitrogens with zero attached hydrogens (tertiary/aromatic N) is 4. The van der Waals surface area contributed by atoms with Gasteiger partial charge in [0.2, 0.25) is 0 Å². The van der Waals surface area contributed by atoms with Crippen LogP contribution in [0.15, 0.2) is 72.9 Å². The molecule has 128 valence electrons. The van der Waals surface area contributed by atoms with Gasteiger partial charge < -0.3 is 5.21 Å². The molecule has 2 heterocycles. The Morgan fingerprint density at radius 2 is 1.48 bits per heavy atom. The van der Waals surface area contributed by atoms with Crippen LogP contribution >= 0.6 is 0 Å². The molecular formula is C20H22N4O. The van der Waals surface area contributed by atoms with E-state index in [1.165, 1.54) is 0 Å². The Morgan fingerprint density at radius 3 is 1.96 bits per heavy atom. The highest BCUT2D eigenvalue weighted by atomic mass is 16.5. The predicted octanol–water partition coefficient (Wildman–Crippen LogP) is 3.96. The van der Waals surface area contributed by atoms with Crippen molar-refractivity contribution in [3.05, 3.63) is 83.8 Å². The first-order chi connectivity index (χ1) is 12.1. The fraction of sp³-hybridized carbons (Fsp3) is 0.200. The van der Waals surface area contributed by atoms with Crippen LogP contribution in [0.5, 0.6) is 0 Å². The summed E-state index contributed by atoms with van der Waals surface area (Å²) in [4.78, 5) is 0.981. The van der Waals surface area contributed by atoms with Crippen LogP contribution in [0, 0.1) is 12.1 Å². The number of anilines is 1. The van der Waals surface area contributed by atoms with Crippen molar-refractivity contribution >= 4 is 11.4 Å². The molecule has 0 radical (unpaired) electrons. The lowest BCUT2D eigenvalue weighted by Crippen LogP contribution is -2.27. The van der Waals surface area contributed by atoms with Gasteiger partial charge in [0, 0.05) is 13.1 Å². The molecule has 0 atom stereocenters. The summed E-state index contributed by atoms with van der Waals surface area (Å²) in [5.74, 6) is 0. The molecule has 1 aliphatic rings. The monoisotopic (exact) mass is 334 g/mol. The molecule has 5 nitrogen and oxygen atoms in total. The van der Waals surface area contributed by atoms with Gasteiger partial charge in [0.25, 0.3) is 0 Å². The van der Waals surface area contributed by atoms with Crippen LogP contribution in [0.25, 0.3) is 5.69 Å². The lowest BCUT2D eigenvalue weighted by molar-refractivity contribution is -0.464. The molecule has 0 N–H and O–H groups in total. The van der Waals surface area contributed by atoms with Crippen molar-refractivity contribution < 1.29 is 4.85 Å². The molecule has 0 amide bonds. The number of hydrogen-bond donors (Lipinski definition) is 0. The zero-order valence-electron chi connectivity index (χ0n) is 14.5. The van der Waals surface area contributed by atoms with Gasteiger partial charge in [0.05, 0.1) is 24.3 Å². The van der Waals surface area contributed by atoms with Crippen molar-refractivity contribution in [1.82, 2.24) is 9.78 Å². The van der Waals surface area contributed by atoms with Gasteiger partial charge in [0.1, 0.15) is 5.69 Å². The molecule has 0 spiro atoms. The second-order valence-electron chi connectivity index (χ2n) is 5.95. The van der Waals surface area contributed by atoms with Gasteiger partial charge in [-0.3, -0.25) is 0 Å². The number of para-hydroxylation sites is 2. The summed E-state index contributed by atoms with van der Waals surface area (Å²) in [6.45, 7) is 4.65. The largest absolute Gasteiger partial charge is 0.596 e. The lowest BCUT2D eigenvalue weighted by Gasteiger charge is -2.15. The molecular weight excluding hydrogens is 312 g/mol. The van der Waals surface area contributed by atoms with E-state index in [-0.39, 0.29) is 0 Å². The first kappa shape index (κ1) is 16.8. The molecule has 0 fully saturated rings. The summed E-state index contributed by atoms with van der Waals surface area (Å²) in [6, 6.07) is 21.8. The van der Waals surface area contributed by atoms with Crippen LogP contribution in [-0.2, 0) is 0 Å². The van der Waals surface area contributed by atoms with Gasteiger partial charge in [-0.05, 0) is 37.3 Å². The third-order valence-electron chi connectivity index (χ3n) is 4.03. The van der Waals surface area contributed by atoms with E-state index in [1.54, 1.807) is 5.01 Å². The average molecular weight is 334 g/mol. The van der Waals surface area contributed by atoms with Crippen molar-refractivity contribution in [1.29, 1.82) is 0 Å². The summed E-state index contributed by atoms with van der Waals surface area (Å²) in [5, 5.41) is 17.6. The van der Waals surface area contributed by atoms with E-state index in [1.807, 2.05) is 91.5 Å². The van der Waals surface area contributed by atoms with Gasteiger partial charge in [0.15, 0.2) is 5.71 Å². The molecule has 1 aromatic heterocycles. The van der Waals surface area contributed by atoms with Gasteiger partial charge in [-0.15, -0.1) is 5.01 Å². The quantitative estimate of drug-likeness (QED) is 0.526. The number of hydrogen-bond acceptors (Lipinski definition) is 3. The molecule has 0 saturated carbocycles. The minimum atomic E-state index is 0.791. The maximum Gasteiger partial charge on any atom is 0.195 e. The van der Waals surface area contributed by atoms with Crippen LogP contribution < -0.4 is 5.01 Å². The van der Waals surface area contributed by atoms with Crippen LogP contribution in [0.1, 0.15) is 19.0 Å². The predicted molar refractivity (Wildman–Crippen MR) is 101 cm³/mol. The van der Waals surface area contributed by atoms with Crippen LogP contribution in [-0.4, -0.2) is 26.9 Å². The Kier molecular flexibility index (Phi) is 5.14. The minimum Gasteiger partial charge on any atom is -0.596 e. The zero-order chi connectivity index (χ0) is 17.6. The van der Waals surface area contributed by atoms with E-state index < -0.39 is 0 Å². The number of benzene rings is 2. The zero-order valence-corrected chi connectivity index (χ0v) is 14.5. The highest BCUT2D eigenvalue weighted by Gasteiger charge is 2.23. The molecule has 4 rings (SSSR count). The molecule has 25 heavy (non-hydrogen) atoms. The Morgan fingerprint density at radius 1 is 0.880 bits per heavy atom. The second-order valence-corrected chi connectivity index (χ2v) is 5.95. The van der Waals surface area contributed by atoms with E-state index in [0.717, 1.165) is 40.6 Å². The molecule has 1 aliphatic heterocycles. The second kappa shape index (κ2) is 7.66. The van der Waals surface area contributed by atoms with Crippen LogP contribution in [0.3, 0.4) is 0 Å². The normalized spacial score (nSPS) is 13.6. The molecule has 0 saturated heterocycles. The van der Waals surface area contributed by atoms with Gasteiger partial charge in [-0.1, -0.05) is 41.2 Å². The van der Waals surface area contributed by atoms with Crippen molar-refractivity contribution in [2.75, 3.05) is 11.6 Å². The molecule has 0 bridgehead atoms. The minimum absolute atomic E-state index is 0.791. The third-order valence-corrected chi connectivity index (χ3v) is 4.03. The van der Waals surface area contributed by atoms with Gasteiger partial charge >= 0.3 is 0 Å². The Balaban J connectivity index is 0.000000146.